The SMILES string of the molecule is N#CP(=O)(C#N)C#N. The van der Waals surface area contributed by atoms with Crippen LogP contribution in [-0.2, 0) is 4.57 Å². The molecule has 5 heteroatoms. The first kappa shape index (κ1) is 6.70. The molecule has 0 saturated carbocycles. The number of hydrogen-bond acceptors (Lipinski definition) is 4. The van der Waals surface area contributed by atoms with Gasteiger partial charge in [0.2, 0.25) is 0 Å². The Hall–Kier alpha value is -1.30. The fourth-order valence-electron chi connectivity index (χ4n) is 0.0671. The maximum absolute atomic E-state index is 10.2. The zero-order valence-corrected chi connectivity index (χ0v) is 4.59. The van der Waals surface area contributed by atoms with Crippen LogP contribution in [0, 0.1) is 33.2 Å². The lowest BCUT2D eigenvalue weighted by Gasteiger charge is -1.75. The second-order valence-electron chi connectivity index (χ2n) is 0.909. The highest BCUT2D eigenvalue weighted by Gasteiger charge is 2.17. The van der Waals surface area contributed by atoms with E-state index < -0.39 is 7.14 Å². The highest BCUT2D eigenvalue weighted by Crippen LogP contribution is 2.39. The van der Waals surface area contributed by atoms with E-state index in [1.54, 1.807) is 0 Å². The topological polar surface area (TPSA) is 88.4 Å². The van der Waals surface area contributed by atoms with Gasteiger partial charge in [0.1, 0.15) is 0 Å². The standard InChI is InChI=1S/C3N3OP/c4-1-8(7,2-5)3-6. The second kappa shape index (κ2) is 2.12. The molecular formula is C3N3OP. The summed E-state index contributed by atoms with van der Waals surface area (Å²) in [5, 5.41) is 23.5. The van der Waals surface area contributed by atoms with Crippen molar-refractivity contribution >= 4 is 7.14 Å². The van der Waals surface area contributed by atoms with Crippen LogP contribution in [-0.4, -0.2) is 0 Å². The van der Waals surface area contributed by atoms with Crippen molar-refractivity contribution in [2.45, 2.75) is 0 Å². The molecule has 0 spiro atoms. The van der Waals surface area contributed by atoms with Crippen LogP contribution in [0.4, 0.5) is 0 Å². The molecule has 0 aliphatic rings. The summed E-state index contributed by atoms with van der Waals surface area (Å²) >= 11 is 0. The molecule has 4 nitrogen and oxygen atoms in total. The van der Waals surface area contributed by atoms with Crippen LogP contribution in [0.25, 0.3) is 0 Å². The molecule has 38 valence electrons. The smallest absolute Gasteiger partial charge is 0.276 e. The first-order chi connectivity index (χ1) is 3.68. The van der Waals surface area contributed by atoms with Crippen LogP contribution < -0.4 is 0 Å². The molecule has 0 bridgehead atoms. The third-order valence-corrected chi connectivity index (χ3v) is 1.27. The van der Waals surface area contributed by atoms with Crippen molar-refractivity contribution in [3.8, 4) is 17.4 Å². The Bertz CT molecular complexity index is 206. The minimum Gasteiger partial charge on any atom is -0.276 e. The maximum Gasteiger partial charge on any atom is 0.366 e. The van der Waals surface area contributed by atoms with Crippen molar-refractivity contribution in [1.29, 1.82) is 15.8 Å². The van der Waals surface area contributed by atoms with Crippen LogP contribution in [0.3, 0.4) is 0 Å². The Morgan fingerprint density at radius 2 is 1.25 bits per heavy atom. The molecule has 0 aliphatic heterocycles. The molecule has 0 atom stereocenters. The van der Waals surface area contributed by atoms with Gasteiger partial charge in [-0.05, 0) is 0 Å². The van der Waals surface area contributed by atoms with Crippen molar-refractivity contribution < 1.29 is 4.57 Å². The molecule has 8 heavy (non-hydrogen) atoms. The lowest BCUT2D eigenvalue weighted by Crippen LogP contribution is -1.61. The zero-order chi connectivity index (χ0) is 6.62. The van der Waals surface area contributed by atoms with E-state index in [4.69, 9.17) is 15.8 Å². The van der Waals surface area contributed by atoms with Gasteiger partial charge >= 0.3 is 7.14 Å². The number of nitriles is 3. The largest absolute Gasteiger partial charge is 0.366 e. The Balaban J connectivity index is 4.74. The molecular weight excluding hydrogens is 125 g/mol. The van der Waals surface area contributed by atoms with Crippen molar-refractivity contribution in [2.24, 2.45) is 0 Å². The summed E-state index contributed by atoms with van der Waals surface area (Å²) in [4.78, 5) is 0. The van der Waals surface area contributed by atoms with Gasteiger partial charge < -0.3 is 0 Å². The second-order valence-corrected chi connectivity index (χ2v) is 2.73. The normalized spacial score (nSPS) is 8.12. The van der Waals surface area contributed by atoms with E-state index >= 15 is 0 Å². The minimum atomic E-state index is -3.75. The van der Waals surface area contributed by atoms with Gasteiger partial charge in [0, 0.05) is 0 Å². The molecule has 0 heterocycles. The monoisotopic (exact) mass is 125 g/mol. The van der Waals surface area contributed by atoms with Gasteiger partial charge in [-0.3, -0.25) is 4.57 Å². The molecule has 0 aromatic carbocycles. The Morgan fingerprint density at radius 1 is 1.00 bits per heavy atom. The zero-order valence-electron chi connectivity index (χ0n) is 3.70. The van der Waals surface area contributed by atoms with Crippen LogP contribution in [0.15, 0.2) is 0 Å². The quantitative estimate of drug-likeness (QED) is 0.447. The molecule has 0 rings (SSSR count). The van der Waals surface area contributed by atoms with E-state index in [1.807, 2.05) is 0 Å². The molecule has 0 aliphatic carbocycles. The number of hydrogen-bond donors (Lipinski definition) is 0. The van der Waals surface area contributed by atoms with Crippen molar-refractivity contribution in [2.75, 3.05) is 0 Å². The molecule has 0 amide bonds. The third-order valence-electron chi connectivity index (χ3n) is 0.422. The van der Waals surface area contributed by atoms with Crippen LogP contribution in [0.5, 0.6) is 0 Å². The molecule has 0 saturated heterocycles. The van der Waals surface area contributed by atoms with E-state index in [0.717, 1.165) is 17.4 Å². The highest BCUT2D eigenvalue weighted by atomic mass is 31.2. The first-order valence-corrected chi connectivity index (χ1v) is 3.23. The van der Waals surface area contributed by atoms with Gasteiger partial charge in [-0.25, -0.2) is 0 Å². The maximum atomic E-state index is 10.2. The van der Waals surface area contributed by atoms with E-state index in [9.17, 15) is 4.57 Å². The Labute approximate surface area is 45.9 Å². The van der Waals surface area contributed by atoms with Crippen LogP contribution in [0.2, 0.25) is 0 Å². The summed E-state index contributed by atoms with van der Waals surface area (Å²) in [7, 11) is -3.75. The summed E-state index contributed by atoms with van der Waals surface area (Å²) in [6.07, 6.45) is 0. The molecule has 0 radical (unpaired) electrons. The molecule has 0 aromatic rings. The van der Waals surface area contributed by atoms with Gasteiger partial charge in [-0.15, -0.1) is 0 Å². The average Bonchev–Trinajstić information content (AvgIpc) is 1.87. The van der Waals surface area contributed by atoms with E-state index in [2.05, 4.69) is 0 Å². The molecule has 0 fully saturated rings. The predicted molar refractivity (Wildman–Crippen MR) is 24.4 cm³/mol. The van der Waals surface area contributed by atoms with Gasteiger partial charge in [-0.2, -0.15) is 15.8 Å². The average molecular weight is 125 g/mol. The fraction of sp³-hybridized carbons (Fsp3) is 0. The van der Waals surface area contributed by atoms with Crippen molar-refractivity contribution in [3.05, 3.63) is 0 Å². The van der Waals surface area contributed by atoms with Gasteiger partial charge in [0.15, 0.2) is 17.4 Å². The summed E-state index contributed by atoms with van der Waals surface area (Å²) in [5.74, 6) is 3.33. The van der Waals surface area contributed by atoms with Gasteiger partial charge in [0.05, 0.1) is 0 Å². The third kappa shape index (κ3) is 1.09. The fourth-order valence-corrected chi connectivity index (χ4v) is 0.201. The van der Waals surface area contributed by atoms with Crippen LogP contribution >= 0.6 is 7.14 Å². The number of nitrogens with zero attached hydrogens (tertiary/aromatic N) is 3. The summed E-state index contributed by atoms with van der Waals surface area (Å²) < 4.78 is 10.2. The minimum absolute atomic E-state index is 1.11. The van der Waals surface area contributed by atoms with Gasteiger partial charge in [-0.1, -0.05) is 0 Å². The number of rotatable bonds is 0. The Kier molecular flexibility index (Phi) is 1.78. The lowest BCUT2D eigenvalue weighted by molar-refractivity contribution is 0.593. The molecule has 0 aromatic heterocycles. The van der Waals surface area contributed by atoms with Gasteiger partial charge in [0.25, 0.3) is 0 Å². The lowest BCUT2D eigenvalue weighted by atomic mass is 11.7. The molecule has 0 N–H and O–H groups in total. The van der Waals surface area contributed by atoms with E-state index in [1.165, 1.54) is 0 Å². The van der Waals surface area contributed by atoms with Crippen LogP contribution in [0.1, 0.15) is 0 Å². The van der Waals surface area contributed by atoms with E-state index in [-0.39, 0.29) is 0 Å². The summed E-state index contributed by atoms with van der Waals surface area (Å²) in [6, 6.07) is 0. The summed E-state index contributed by atoms with van der Waals surface area (Å²) in [6.45, 7) is 0. The van der Waals surface area contributed by atoms with Crippen molar-refractivity contribution in [3.63, 3.8) is 0 Å². The van der Waals surface area contributed by atoms with Crippen molar-refractivity contribution in [1.82, 2.24) is 0 Å². The van der Waals surface area contributed by atoms with E-state index in [0.29, 0.717) is 0 Å². The first-order valence-electron chi connectivity index (χ1n) is 1.52. The Morgan fingerprint density at radius 3 is 1.25 bits per heavy atom. The summed E-state index contributed by atoms with van der Waals surface area (Å²) in [5.41, 5.74) is 0. The predicted octanol–water partition coefficient (Wildman–Crippen LogP) is 0.793. The molecule has 0 unspecified atom stereocenters. The highest BCUT2D eigenvalue weighted by molar-refractivity contribution is 7.77.